The van der Waals surface area contributed by atoms with Gasteiger partial charge in [0.05, 0.1) is 6.61 Å². The number of carbonyl (C=O) groups is 1. The van der Waals surface area contributed by atoms with E-state index >= 15 is 0 Å². The minimum atomic E-state index is -0.204. The highest BCUT2D eigenvalue weighted by atomic mass is 19.1. The lowest BCUT2D eigenvalue weighted by Gasteiger charge is -2.22. The van der Waals surface area contributed by atoms with E-state index < -0.39 is 0 Å². The molecule has 1 fully saturated rings. The van der Waals surface area contributed by atoms with Crippen LogP contribution < -0.4 is 0 Å². The van der Waals surface area contributed by atoms with Crippen molar-refractivity contribution in [1.29, 1.82) is 0 Å². The second-order valence-corrected chi connectivity index (χ2v) is 6.73. The summed E-state index contributed by atoms with van der Waals surface area (Å²) in [6.45, 7) is 3.72. The minimum Gasteiger partial charge on any atom is -0.383 e. The molecule has 0 aromatic heterocycles. The Morgan fingerprint density at radius 1 is 1.16 bits per heavy atom. The average Bonchev–Trinajstić information content (AvgIpc) is 3.44. The number of amides is 1. The highest BCUT2D eigenvalue weighted by Gasteiger charge is 2.27. The molecule has 0 N–H and O–H groups in total. The van der Waals surface area contributed by atoms with E-state index in [1.165, 1.54) is 18.9 Å². The Kier molecular flexibility index (Phi) is 5.49. The van der Waals surface area contributed by atoms with Gasteiger partial charge in [-0.05, 0) is 66.6 Å². The standard InChI is InChI=1S/C21H24FNO2/c1-15-13-19(9-10-20(15)22)17-5-7-18(8-6-17)21(24)23(11-12-25-2)14-16-3-4-16/h5-10,13,16H,3-4,11-12,14H2,1-2H3. The van der Waals surface area contributed by atoms with Crippen LogP contribution in [0.25, 0.3) is 11.1 Å². The van der Waals surface area contributed by atoms with Crippen molar-refractivity contribution < 1.29 is 13.9 Å². The zero-order valence-electron chi connectivity index (χ0n) is 14.8. The van der Waals surface area contributed by atoms with Gasteiger partial charge in [0.15, 0.2) is 0 Å². The molecule has 0 heterocycles. The van der Waals surface area contributed by atoms with E-state index in [2.05, 4.69) is 0 Å². The third-order valence-electron chi connectivity index (χ3n) is 4.65. The van der Waals surface area contributed by atoms with Crippen molar-refractivity contribution in [2.24, 2.45) is 5.92 Å². The van der Waals surface area contributed by atoms with Crippen molar-refractivity contribution in [3.05, 3.63) is 59.4 Å². The Bertz CT molecular complexity index is 738. The molecule has 0 saturated heterocycles. The van der Waals surface area contributed by atoms with Crippen LogP contribution in [0.5, 0.6) is 0 Å². The molecule has 1 aliphatic carbocycles. The lowest BCUT2D eigenvalue weighted by Crippen LogP contribution is -2.35. The lowest BCUT2D eigenvalue weighted by atomic mass is 10.0. The molecule has 1 aliphatic rings. The Morgan fingerprint density at radius 2 is 1.84 bits per heavy atom. The van der Waals surface area contributed by atoms with Gasteiger partial charge in [-0.15, -0.1) is 0 Å². The van der Waals surface area contributed by atoms with E-state index in [0.29, 0.717) is 30.2 Å². The highest BCUT2D eigenvalue weighted by Crippen LogP contribution is 2.30. The predicted octanol–water partition coefficient (Wildman–Crippen LogP) is 4.30. The van der Waals surface area contributed by atoms with Crippen LogP contribution in [0.1, 0.15) is 28.8 Å². The molecule has 2 aromatic rings. The van der Waals surface area contributed by atoms with Crippen molar-refractivity contribution in [2.45, 2.75) is 19.8 Å². The maximum Gasteiger partial charge on any atom is 0.253 e. The van der Waals surface area contributed by atoms with Gasteiger partial charge >= 0.3 is 0 Å². The summed E-state index contributed by atoms with van der Waals surface area (Å²) in [5.74, 6) is 0.484. The summed E-state index contributed by atoms with van der Waals surface area (Å²) in [4.78, 5) is 14.7. The van der Waals surface area contributed by atoms with E-state index in [4.69, 9.17) is 4.74 Å². The van der Waals surface area contributed by atoms with Gasteiger partial charge < -0.3 is 9.64 Å². The van der Waals surface area contributed by atoms with Crippen molar-refractivity contribution in [1.82, 2.24) is 4.90 Å². The van der Waals surface area contributed by atoms with Gasteiger partial charge in [0.1, 0.15) is 5.82 Å². The van der Waals surface area contributed by atoms with Crippen molar-refractivity contribution in [3.63, 3.8) is 0 Å². The summed E-state index contributed by atoms with van der Waals surface area (Å²) in [6, 6.07) is 12.6. The fraction of sp³-hybridized carbons (Fsp3) is 0.381. The van der Waals surface area contributed by atoms with Crippen molar-refractivity contribution >= 4 is 5.91 Å². The summed E-state index contributed by atoms with van der Waals surface area (Å²) in [5, 5.41) is 0. The number of benzene rings is 2. The second-order valence-electron chi connectivity index (χ2n) is 6.73. The van der Waals surface area contributed by atoms with Crippen LogP contribution in [-0.4, -0.2) is 37.6 Å². The second kappa shape index (κ2) is 7.79. The molecule has 1 saturated carbocycles. The van der Waals surface area contributed by atoms with Gasteiger partial charge in [0.25, 0.3) is 5.91 Å². The molecule has 4 heteroatoms. The first-order valence-electron chi connectivity index (χ1n) is 8.73. The van der Waals surface area contributed by atoms with E-state index in [9.17, 15) is 9.18 Å². The molecule has 0 bridgehead atoms. The van der Waals surface area contributed by atoms with E-state index in [-0.39, 0.29) is 11.7 Å². The average molecular weight is 341 g/mol. The van der Waals surface area contributed by atoms with Gasteiger partial charge in [0.2, 0.25) is 0 Å². The fourth-order valence-electron chi connectivity index (χ4n) is 2.90. The van der Waals surface area contributed by atoms with Crippen LogP contribution in [0.4, 0.5) is 4.39 Å². The number of methoxy groups -OCH3 is 1. The molecule has 0 radical (unpaired) electrons. The monoisotopic (exact) mass is 341 g/mol. The third-order valence-corrected chi connectivity index (χ3v) is 4.65. The van der Waals surface area contributed by atoms with Gasteiger partial charge in [-0.3, -0.25) is 4.79 Å². The molecule has 2 aromatic carbocycles. The molecule has 25 heavy (non-hydrogen) atoms. The van der Waals surface area contributed by atoms with Gasteiger partial charge in [-0.25, -0.2) is 4.39 Å². The largest absolute Gasteiger partial charge is 0.383 e. The molecular formula is C21H24FNO2. The van der Waals surface area contributed by atoms with Crippen LogP contribution in [0.15, 0.2) is 42.5 Å². The number of hydrogen-bond acceptors (Lipinski definition) is 2. The Labute approximate surface area is 148 Å². The van der Waals surface area contributed by atoms with Crippen LogP contribution >= 0.6 is 0 Å². The summed E-state index contributed by atoms with van der Waals surface area (Å²) < 4.78 is 18.6. The predicted molar refractivity (Wildman–Crippen MR) is 97.1 cm³/mol. The normalized spacial score (nSPS) is 13.7. The Morgan fingerprint density at radius 3 is 2.44 bits per heavy atom. The van der Waals surface area contributed by atoms with Crippen molar-refractivity contribution in [3.8, 4) is 11.1 Å². The summed E-state index contributed by atoms with van der Waals surface area (Å²) in [6.07, 6.45) is 2.42. The number of ether oxygens (including phenoxy) is 1. The molecule has 0 spiro atoms. The number of rotatable bonds is 7. The van der Waals surface area contributed by atoms with E-state index in [1.807, 2.05) is 35.2 Å². The fourth-order valence-corrected chi connectivity index (χ4v) is 2.90. The minimum absolute atomic E-state index is 0.0470. The zero-order chi connectivity index (χ0) is 17.8. The quantitative estimate of drug-likeness (QED) is 0.751. The number of hydrogen-bond donors (Lipinski definition) is 0. The zero-order valence-corrected chi connectivity index (χ0v) is 14.8. The summed E-state index contributed by atoms with van der Waals surface area (Å²) >= 11 is 0. The molecule has 0 atom stereocenters. The highest BCUT2D eigenvalue weighted by molar-refractivity contribution is 5.94. The molecule has 3 rings (SSSR count). The van der Waals surface area contributed by atoms with Crippen LogP contribution in [0.3, 0.4) is 0 Å². The van der Waals surface area contributed by atoms with Crippen LogP contribution in [0.2, 0.25) is 0 Å². The number of halogens is 1. The molecule has 132 valence electrons. The Hall–Kier alpha value is -2.20. The smallest absolute Gasteiger partial charge is 0.253 e. The van der Waals surface area contributed by atoms with E-state index in [0.717, 1.165) is 17.7 Å². The van der Waals surface area contributed by atoms with Gasteiger partial charge in [-0.2, -0.15) is 0 Å². The first-order chi connectivity index (χ1) is 12.1. The number of nitrogens with zero attached hydrogens (tertiary/aromatic N) is 1. The van der Waals surface area contributed by atoms with Gasteiger partial charge in [0, 0.05) is 25.8 Å². The molecule has 3 nitrogen and oxygen atoms in total. The summed E-state index contributed by atoms with van der Waals surface area (Å²) in [7, 11) is 1.65. The molecule has 0 unspecified atom stereocenters. The lowest BCUT2D eigenvalue weighted by molar-refractivity contribution is 0.0686. The topological polar surface area (TPSA) is 29.5 Å². The molecular weight excluding hydrogens is 317 g/mol. The molecule has 1 amide bonds. The maximum atomic E-state index is 13.4. The summed E-state index contributed by atoms with van der Waals surface area (Å²) in [5.41, 5.74) is 3.23. The first kappa shape index (κ1) is 17.6. The van der Waals surface area contributed by atoms with E-state index in [1.54, 1.807) is 20.1 Å². The Balaban J connectivity index is 1.75. The van der Waals surface area contributed by atoms with Crippen molar-refractivity contribution in [2.75, 3.05) is 26.8 Å². The number of carbonyl (C=O) groups excluding carboxylic acids is 1. The van der Waals surface area contributed by atoms with Crippen LogP contribution in [0, 0.1) is 18.7 Å². The van der Waals surface area contributed by atoms with Crippen LogP contribution in [-0.2, 0) is 4.74 Å². The number of aryl methyl sites for hydroxylation is 1. The SMILES string of the molecule is COCCN(CC1CC1)C(=O)c1ccc(-c2ccc(F)c(C)c2)cc1. The molecule has 0 aliphatic heterocycles. The first-order valence-corrected chi connectivity index (χ1v) is 8.73. The third kappa shape index (κ3) is 4.45. The van der Waals surface area contributed by atoms with Gasteiger partial charge in [-0.1, -0.05) is 18.2 Å². The maximum absolute atomic E-state index is 13.4.